The van der Waals surface area contributed by atoms with Gasteiger partial charge in [0.25, 0.3) is 5.69 Å². The van der Waals surface area contributed by atoms with Gasteiger partial charge in [0.1, 0.15) is 18.2 Å². The lowest BCUT2D eigenvalue weighted by Gasteiger charge is -2.40. The molecule has 0 spiro atoms. The Morgan fingerprint density at radius 1 is 1.05 bits per heavy atom. The fourth-order valence-corrected chi connectivity index (χ4v) is 6.16. The molecule has 0 amide bonds. The Bertz CT molecular complexity index is 1750. The van der Waals surface area contributed by atoms with Crippen LogP contribution in [0.15, 0.2) is 71.2 Å². The minimum atomic E-state index is -0.662. The van der Waals surface area contributed by atoms with E-state index in [0.29, 0.717) is 41.2 Å². The fraction of sp³-hybridized carbons (Fsp3) is 0.273. The van der Waals surface area contributed by atoms with E-state index in [2.05, 4.69) is 6.07 Å². The number of halogens is 1. The number of nitriles is 1. The monoisotopic (exact) mass is 582 g/mol. The second kappa shape index (κ2) is 11.3. The van der Waals surface area contributed by atoms with Crippen molar-refractivity contribution in [2.45, 2.75) is 59.5 Å². The van der Waals surface area contributed by atoms with Gasteiger partial charge in [0.05, 0.1) is 28.2 Å². The topological polar surface area (TPSA) is 122 Å². The van der Waals surface area contributed by atoms with Gasteiger partial charge in [-0.2, -0.15) is 5.26 Å². The predicted molar refractivity (Wildman–Crippen MR) is 162 cm³/mol. The summed E-state index contributed by atoms with van der Waals surface area (Å²) < 4.78 is 6.16. The smallest absolute Gasteiger partial charge is 0.271 e. The van der Waals surface area contributed by atoms with Gasteiger partial charge in [-0.05, 0) is 92.1 Å². The number of rotatable bonds is 6. The van der Waals surface area contributed by atoms with Crippen molar-refractivity contribution in [2.24, 2.45) is 5.73 Å². The van der Waals surface area contributed by atoms with E-state index < -0.39 is 10.8 Å². The van der Waals surface area contributed by atoms with Crippen LogP contribution in [0, 0.1) is 49.1 Å². The Morgan fingerprint density at radius 3 is 2.50 bits per heavy atom. The second-order valence-electron chi connectivity index (χ2n) is 10.9. The number of hydrogen-bond acceptors (Lipinski definition) is 7. The average molecular weight is 583 g/mol. The standard InChI is InChI=1S/C33H31ClN4O4/c1-18-8-10-24(38(40)41)15-28(18)37-27-6-5-7-29(39)32(27)31(26(16-35)33(37)36)25-14-22(19(2)12-20(25)3)17-42-30-11-9-23(34)13-21(30)4/h8-15,31H,5-7,17,36H2,1-4H3. The number of carbonyl (C=O) groups excluding carboxylic acids is 1. The molecule has 1 aliphatic carbocycles. The molecule has 42 heavy (non-hydrogen) atoms. The van der Waals surface area contributed by atoms with Crippen molar-refractivity contribution in [3.8, 4) is 11.8 Å². The number of allylic oxidation sites excluding steroid dienone is 3. The highest BCUT2D eigenvalue weighted by Gasteiger charge is 2.41. The van der Waals surface area contributed by atoms with Crippen LogP contribution in [0.4, 0.5) is 11.4 Å². The first kappa shape index (κ1) is 28.9. The molecular weight excluding hydrogens is 552 g/mol. The van der Waals surface area contributed by atoms with Crippen molar-refractivity contribution in [3.63, 3.8) is 0 Å². The molecular formula is C33H31ClN4O4. The van der Waals surface area contributed by atoms with E-state index in [9.17, 15) is 20.2 Å². The van der Waals surface area contributed by atoms with E-state index >= 15 is 0 Å². The van der Waals surface area contributed by atoms with Crippen molar-refractivity contribution in [3.05, 3.63) is 120 Å². The van der Waals surface area contributed by atoms with Gasteiger partial charge < -0.3 is 10.5 Å². The predicted octanol–water partition coefficient (Wildman–Crippen LogP) is 7.37. The molecule has 2 N–H and O–H groups in total. The third-order valence-corrected chi connectivity index (χ3v) is 8.35. The quantitative estimate of drug-likeness (QED) is 0.238. The number of nitro benzene ring substituents is 1. The van der Waals surface area contributed by atoms with E-state index in [-0.39, 0.29) is 29.5 Å². The summed E-state index contributed by atoms with van der Waals surface area (Å²) in [5.74, 6) is 0.179. The van der Waals surface area contributed by atoms with Crippen LogP contribution in [-0.4, -0.2) is 10.7 Å². The number of nitrogens with zero attached hydrogens (tertiary/aromatic N) is 3. The van der Waals surface area contributed by atoms with Crippen molar-refractivity contribution in [2.75, 3.05) is 4.90 Å². The number of hydrogen-bond donors (Lipinski definition) is 1. The number of nitro groups is 1. The molecule has 0 aromatic heterocycles. The normalized spacial score (nSPS) is 16.8. The largest absolute Gasteiger partial charge is 0.489 e. The lowest BCUT2D eigenvalue weighted by molar-refractivity contribution is -0.384. The molecule has 1 heterocycles. The Kier molecular flexibility index (Phi) is 7.81. The summed E-state index contributed by atoms with van der Waals surface area (Å²) in [6, 6.07) is 16.3. The molecule has 8 nitrogen and oxygen atoms in total. The van der Waals surface area contributed by atoms with Gasteiger partial charge in [0, 0.05) is 34.8 Å². The first-order valence-electron chi connectivity index (χ1n) is 13.7. The van der Waals surface area contributed by atoms with Gasteiger partial charge in [-0.15, -0.1) is 0 Å². The second-order valence-corrected chi connectivity index (χ2v) is 11.3. The number of carbonyl (C=O) groups is 1. The summed E-state index contributed by atoms with van der Waals surface area (Å²) in [7, 11) is 0. The average Bonchev–Trinajstić information content (AvgIpc) is 2.93. The van der Waals surface area contributed by atoms with Crippen LogP contribution in [0.5, 0.6) is 5.75 Å². The van der Waals surface area contributed by atoms with Crippen molar-refractivity contribution >= 4 is 28.8 Å². The van der Waals surface area contributed by atoms with Crippen molar-refractivity contribution in [1.29, 1.82) is 5.26 Å². The lowest BCUT2D eigenvalue weighted by Crippen LogP contribution is -2.39. The van der Waals surface area contributed by atoms with Crippen LogP contribution in [0.25, 0.3) is 0 Å². The third-order valence-electron chi connectivity index (χ3n) is 8.11. The molecule has 1 aliphatic heterocycles. The molecule has 9 heteroatoms. The maximum absolute atomic E-state index is 13.7. The van der Waals surface area contributed by atoms with Gasteiger partial charge in [-0.1, -0.05) is 29.8 Å². The SMILES string of the molecule is Cc1cc(C)c(C2C(C#N)=C(N)N(c3cc([N+](=O)[O-])ccc3C)C3=C2C(=O)CCC3)cc1COc1ccc(Cl)cc1C. The number of nitrogens with two attached hydrogens (primary N) is 1. The number of anilines is 1. The molecule has 0 fully saturated rings. The molecule has 5 rings (SSSR count). The van der Waals surface area contributed by atoms with Crippen molar-refractivity contribution in [1.82, 2.24) is 0 Å². The number of ketones is 1. The molecule has 3 aromatic carbocycles. The van der Waals surface area contributed by atoms with Crippen LogP contribution < -0.4 is 15.4 Å². The zero-order valence-electron chi connectivity index (χ0n) is 24.0. The molecule has 3 aromatic rings. The Labute approximate surface area is 249 Å². The highest BCUT2D eigenvalue weighted by molar-refractivity contribution is 6.30. The van der Waals surface area contributed by atoms with E-state index in [4.69, 9.17) is 22.1 Å². The summed E-state index contributed by atoms with van der Waals surface area (Å²) in [5.41, 5.74) is 13.9. The van der Waals surface area contributed by atoms with Gasteiger partial charge in [0.2, 0.25) is 0 Å². The Hall–Kier alpha value is -4.61. The van der Waals surface area contributed by atoms with Crippen LogP contribution in [0.3, 0.4) is 0 Å². The van der Waals surface area contributed by atoms with E-state index in [1.54, 1.807) is 17.0 Å². The molecule has 2 aliphatic rings. The lowest BCUT2D eigenvalue weighted by atomic mass is 9.74. The summed E-state index contributed by atoms with van der Waals surface area (Å²) >= 11 is 6.11. The Morgan fingerprint density at radius 2 is 1.81 bits per heavy atom. The van der Waals surface area contributed by atoms with Gasteiger partial charge in [-0.3, -0.25) is 19.8 Å². The van der Waals surface area contributed by atoms with Gasteiger partial charge >= 0.3 is 0 Å². The summed E-state index contributed by atoms with van der Waals surface area (Å²) in [6.45, 7) is 8.01. The molecule has 0 saturated heterocycles. The summed E-state index contributed by atoms with van der Waals surface area (Å²) in [4.78, 5) is 26.5. The number of benzene rings is 3. The number of aryl methyl sites for hydroxylation is 4. The van der Waals surface area contributed by atoms with Crippen LogP contribution in [0.1, 0.15) is 58.6 Å². The minimum Gasteiger partial charge on any atom is -0.489 e. The Balaban J connectivity index is 1.65. The first-order chi connectivity index (χ1) is 20.0. The third kappa shape index (κ3) is 5.12. The summed E-state index contributed by atoms with van der Waals surface area (Å²) in [5, 5.41) is 22.7. The molecule has 0 radical (unpaired) electrons. The minimum absolute atomic E-state index is 0.0517. The number of ether oxygens (including phenoxy) is 1. The van der Waals surface area contributed by atoms with Crippen LogP contribution in [0.2, 0.25) is 5.02 Å². The first-order valence-corrected chi connectivity index (χ1v) is 14.1. The molecule has 214 valence electrons. The van der Waals surface area contributed by atoms with E-state index in [1.807, 2.05) is 52.0 Å². The number of Topliss-reactive ketones (excluding diaryl/α,β-unsaturated/α-hetero) is 1. The molecule has 0 bridgehead atoms. The van der Waals surface area contributed by atoms with E-state index in [1.165, 1.54) is 12.1 Å². The molecule has 1 atom stereocenters. The molecule has 1 unspecified atom stereocenters. The highest BCUT2D eigenvalue weighted by Crippen LogP contribution is 2.48. The maximum Gasteiger partial charge on any atom is 0.271 e. The van der Waals surface area contributed by atoms with Crippen molar-refractivity contribution < 1.29 is 14.5 Å². The zero-order valence-corrected chi connectivity index (χ0v) is 24.7. The van der Waals surface area contributed by atoms with Crippen LogP contribution in [-0.2, 0) is 11.4 Å². The fourth-order valence-electron chi connectivity index (χ4n) is 5.94. The number of non-ortho nitro benzene ring substituents is 1. The maximum atomic E-state index is 13.7. The molecule has 0 saturated carbocycles. The van der Waals surface area contributed by atoms with Gasteiger partial charge in [0.15, 0.2) is 5.78 Å². The van der Waals surface area contributed by atoms with Gasteiger partial charge in [-0.25, -0.2) is 0 Å². The van der Waals surface area contributed by atoms with E-state index in [0.717, 1.165) is 39.1 Å². The zero-order chi connectivity index (χ0) is 30.3. The summed E-state index contributed by atoms with van der Waals surface area (Å²) in [6.07, 6.45) is 1.53. The highest BCUT2D eigenvalue weighted by atomic mass is 35.5. The van der Waals surface area contributed by atoms with Crippen LogP contribution >= 0.6 is 11.6 Å².